The number of morpholine rings is 1. The van der Waals surface area contributed by atoms with Crippen LogP contribution in [0.2, 0.25) is 5.02 Å². The van der Waals surface area contributed by atoms with Crippen LogP contribution in [0.15, 0.2) is 24.3 Å². The Kier molecular flexibility index (Phi) is 3.84. The molecule has 1 atom stereocenters. The Morgan fingerprint density at radius 2 is 2.31 bits per heavy atom. The van der Waals surface area contributed by atoms with Crippen LogP contribution >= 0.6 is 11.6 Å². The van der Waals surface area contributed by atoms with Gasteiger partial charge in [0.25, 0.3) is 0 Å². The van der Waals surface area contributed by atoms with Crippen molar-refractivity contribution >= 4 is 11.6 Å². The van der Waals surface area contributed by atoms with E-state index in [2.05, 4.69) is 10.8 Å². The van der Waals surface area contributed by atoms with Crippen LogP contribution in [0.5, 0.6) is 0 Å². The van der Waals surface area contributed by atoms with E-state index >= 15 is 0 Å². The molecule has 2 nitrogen and oxygen atoms in total. The molecule has 16 heavy (non-hydrogen) atoms. The monoisotopic (exact) mass is 235 g/mol. The molecular formula is C13H14ClNO. The third-order valence-electron chi connectivity index (χ3n) is 2.72. The lowest BCUT2D eigenvalue weighted by Crippen LogP contribution is -2.38. The van der Waals surface area contributed by atoms with E-state index in [9.17, 15) is 0 Å². The zero-order valence-electron chi connectivity index (χ0n) is 9.03. The van der Waals surface area contributed by atoms with Gasteiger partial charge in [0.05, 0.1) is 19.3 Å². The van der Waals surface area contributed by atoms with Gasteiger partial charge in [0.2, 0.25) is 0 Å². The fraction of sp³-hybridized carbons (Fsp3) is 0.385. The van der Waals surface area contributed by atoms with Crippen molar-refractivity contribution in [1.82, 2.24) is 4.90 Å². The summed E-state index contributed by atoms with van der Waals surface area (Å²) in [5.41, 5.74) is 1.05. The summed E-state index contributed by atoms with van der Waals surface area (Å²) < 4.78 is 5.73. The first-order chi connectivity index (χ1) is 7.81. The van der Waals surface area contributed by atoms with Gasteiger partial charge in [-0.15, -0.1) is 6.42 Å². The maximum absolute atomic E-state index is 6.14. The van der Waals surface area contributed by atoms with Gasteiger partial charge in [-0.25, -0.2) is 0 Å². The third-order valence-corrected chi connectivity index (χ3v) is 3.06. The number of hydrogen-bond acceptors (Lipinski definition) is 2. The minimum absolute atomic E-state index is 0.0378. The number of terminal acetylenes is 1. The molecule has 0 aliphatic carbocycles. The zero-order chi connectivity index (χ0) is 11.4. The van der Waals surface area contributed by atoms with E-state index in [0.717, 1.165) is 23.7 Å². The van der Waals surface area contributed by atoms with E-state index in [-0.39, 0.29) is 6.10 Å². The SMILES string of the molecule is C#CCN1CCO[C@@H](c2ccccc2Cl)C1. The van der Waals surface area contributed by atoms with Crippen LogP contribution in [-0.2, 0) is 4.74 Å². The molecule has 0 saturated carbocycles. The lowest BCUT2D eigenvalue weighted by Gasteiger charge is -2.32. The summed E-state index contributed by atoms with van der Waals surface area (Å²) in [6.07, 6.45) is 5.35. The Balaban J connectivity index is 2.10. The fourth-order valence-corrected chi connectivity index (χ4v) is 2.16. The average molecular weight is 236 g/mol. The van der Waals surface area contributed by atoms with E-state index < -0.39 is 0 Å². The van der Waals surface area contributed by atoms with Gasteiger partial charge in [0.1, 0.15) is 0 Å². The predicted molar refractivity (Wildman–Crippen MR) is 65.4 cm³/mol. The fourth-order valence-electron chi connectivity index (χ4n) is 1.90. The molecule has 0 amide bonds. The third kappa shape index (κ3) is 2.56. The minimum Gasteiger partial charge on any atom is -0.371 e. The molecule has 1 heterocycles. The summed E-state index contributed by atoms with van der Waals surface area (Å²) in [6, 6.07) is 7.80. The lowest BCUT2D eigenvalue weighted by atomic mass is 10.1. The minimum atomic E-state index is 0.0378. The van der Waals surface area contributed by atoms with Crippen LogP contribution in [0.4, 0.5) is 0 Å². The predicted octanol–water partition coefficient (Wildman–Crippen LogP) is 2.35. The summed E-state index contributed by atoms with van der Waals surface area (Å²) in [7, 11) is 0. The first-order valence-corrected chi connectivity index (χ1v) is 5.71. The molecule has 84 valence electrons. The summed E-state index contributed by atoms with van der Waals surface area (Å²) in [5, 5.41) is 0.759. The second-order valence-electron chi connectivity index (χ2n) is 3.82. The number of hydrogen-bond donors (Lipinski definition) is 0. The van der Waals surface area contributed by atoms with Crippen LogP contribution in [0.25, 0.3) is 0 Å². The van der Waals surface area contributed by atoms with Crippen LogP contribution in [0, 0.1) is 12.3 Å². The van der Waals surface area contributed by atoms with Crippen molar-refractivity contribution in [3.05, 3.63) is 34.9 Å². The number of benzene rings is 1. The smallest absolute Gasteiger partial charge is 0.0967 e. The van der Waals surface area contributed by atoms with Crippen molar-refractivity contribution in [2.45, 2.75) is 6.10 Å². The molecule has 1 aromatic carbocycles. The maximum atomic E-state index is 6.14. The molecular weight excluding hydrogens is 222 g/mol. The highest BCUT2D eigenvalue weighted by molar-refractivity contribution is 6.31. The molecule has 0 bridgehead atoms. The van der Waals surface area contributed by atoms with Gasteiger partial charge in [-0.1, -0.05) is 35.7 Å². The number of nitrogens with zero attached hydrogens (tertiary/aromatic N) is 1. The maximum Gasteiger partial charge on any atom is 0.0967 e. The highest BCUT2D eigenvalue weighted by Gasteiger charge is 2.22. The molecule has 0 unspecified atom stereocenters. The molecule has 2 rings (SSSR count). The van der Waals surface area contributed by atoms with Crippen molar-refractivity contribution in [3.63, 3.8) is 0 Å². The van der Waals surface area contributed by atoms with E-state index in [1.54, 1.807) is 0 Å². The van der Waals surface area contributed by atoms with Crippen molar-refractivity contribution in [2.75, 3.05) is 26.2 Å². The summed E-state index contributed by atoms with van der Waals surface area (Å²) >= 11 is 6.14. The van der Waals surface area contributed by atoms with Crippen LogP contribution < -0.4 is 0 Å². The van der Waals surface area contributed by atoms with Gasteiger partial charge < -0.3 is 4.74 Å². The van der Waals surface area contributed by atoms with Crippen molar-refractivity contribution in [1.29, 1.82) is 0 Å². The van der Waals surface area contributed by atoms with E-state index in [1.807, 2.05) is 24.3 Å². The van der Waals surface area contributed by atoms with Gasteiger partial charge in [0, 0.05) is 23.7 Å². The standard InChI is InChI=1S/C13H14ClNO/c1-2-7-15-8-9-16-13(10-15)11-5-3-4-6-12(11)14/h1,3-6,13H,7-10H2/t13-/m1/s1. The number of halogens is 1. The summed E-state index contributed by atoms with van der Waals surface area (Å²) in [6.45, 7) is 3.08. The van der Waals surface area contributed by atoms with Gasteiger partial charge in [-0.3, -0.25) is 4.90 Å². The Bertz CT molecular complexity index is 399. The first-order valence-electron chi connectivity index (χ1n) is 5.33. The number of rotatable bonds is 2. The molecule has 0 N–H and O–H groups in total. The van der Waals surface area contributed by atoms with Gasteiger partial charge in [0.15, 0.2) is 0 Å². The molecule has 3 heteroatoms. The molecule has 0 aromatic heterocycles. The Morgan fingerprint density at radius 3 is 3.06 bits per heavy atom. The highest BCUT2D eigenvalue weighted by Crippen LogP contribution is 2.27. The quantitative estimate of drug-likeness (QED) is 0.730. The van der Waals surface area contributed by atoms with Gasteiger partial charge in [-0.05, 0) is 6.07 Å². The molecule has 1 aliphatic rings. The topological polar surface area (TPSA) is 12.5 Å². The summed E-state index contributed by atoms with van der Waals surface area (Å²) in [5.74, 6) is 2.66. The van der Waals surface area contributed by atoms with Gasteiger partial charge >= 0.3 is 0 Å². The Labute approximate surface area is 101 Å². The Morgan fingerprint density at radius 1 is 1.50 bits per heavy atom. The molecule has 1 fully saturated rings. The second kappa shape index (κ2) is 5.36. The molecule has 1 aliphatic heterocycles. The normalized spacial score (nSPS) is 21.6. The van der Waals surface area contributed by atoms with E-state index in [4.69, 9.17) is 22.8 Å². The van der Waals surface area contributed by atoms with Crippen LogP contribution in [0.3, 0.4) is 0 Å². The zero-order valence-corrected chi connectivity index (χ0v) is 9.78. The molecule has 1 aromatic rings. The highest BCUT2D eigenvalue weighted by atomic mass is 35.5. The average Bonchev–Trinajstić information content (AvgIpc) is 2.30. The largest absolute Gasteiger partial charge is 0.371 e. The summed E-state index contributed by atoms with van der Waals surface area (Å²) in [4.78, 5) is 2.21. The first kappa shape index (κ1) is 11.5. The molecule has 1 saturated heterocycles. The Hall–Kier alpha value is -1.01. The number of ether oxygens (including phenoxy) is 1. The van der Waals surface area contributed by atoms with Crippen molar-refractivity contribution in [3.8, 4) is 12.3 Å². The molecule has 0 radical (unpaired) electrons. The van der Waals surface area contributed by atoms with E-state index in [0.29, 0.717) is 13.2 Å². The van der Waals surface area contributed by atoms with Crippen LogP contribution in [-0.4, -0.2) is 31.1 Å². The molecule has 0 spiro atoms. The van der Waals surface area contributed by atoms with E-state index in [1.165, 1.54) is 0 Å². The van der Waals surface area contributed by atoms with Crippen molar-refractivity contribution < 1.29 is 4.74 Å². The second-order valence-corrected chi connectivity index (χ2v) is 4.23. The lowest BCUT2D eigenvalue weighted by molar-refractivity contribution is -0.0253. The van der Waals surface area contributed by atoms with Crippen LogP contribution in [0.1, 0.15) is 11.7 Å². The van der Waals surface area contributed by atoms with Gasteiger partial charge in [-0.2, -0.15) is 0 Å². The van der Waals surface area contributed by atoms with Crippen molar-refractivity contribution in [2.24, 2.45) is 0 Å².